The number of nitrogens with zero attached hydrogens (tertiary/aromatic N) is 3. The lowest BCUT2D eigenvalue weighted by Crippen LogP contribution is -2.33. The normalized spacial score (nSPS) is 14.5. The summed E-state index contributed by atoms with van der Waals surface area (Å²) in [5.41, 5.74) is 4.47. The monoisotopic (exact) mass is 427 g/mol. The molecular formula is C27H29N3O2. The zero-order valence-electron chi connectivity index (χ0n) is 18.7. The maximum Gasteiger partial charge on any atom is 0.258 e. The maximum absolute atomic E-state index is 12.8. The smallest absolute Gasteiger partial charge is 0.258 e. The summed E-state index contributed by atoms with van der Waals surface area (Å²) in [6, 6.07) is 22.5. The molecule has 0 saturated heterocycles. The topological polar surface area (TPSA) is 39.4 Å². The second-order valence-electron chi connectivity index (χ2n) is 8.76. The second kappa shape index (κ2) is 8.67. The fourth-order valence-electron chi connectivity index (χ4n) is 4.56. The molecule has 0 unspecified atom stereocenters. The molecule has 32 heavy (non-hydrogen) atoms. The zero-order chi connectivity index (χ0) is 22.1. The van der Waals surface area contributed by atoms with E-state index < -0.39 is 0 Å². The van der Waals surface area contributed by atoms with Crippen LogP contribution in [0.5, 0.6) is 5.75 Å². The van der Waals surface area contributed by atoms with Gasteiger partial charge in [0.2, 0.25) is 0 Å². The molecule has 3 heterocycles. The number of rotatable bonds is 5. The molecule has 0 fully saturated rings. The molecule has 5 nitrogen and oxygen atoms in total. The van der Waals surface area contributed by atoms with Crippen LogP contribution < -0.4 is 10.3 Å². The van der Waals surface area contributed by atoms with Gasteiger partial charge in [-0.25, -0.2) is 0 Å². The highest BCUT2D eigenvalue weighted by molar-refractivity contribution is 5.83. The van der Waals surface area contributed by atoms with Gasteiger partial charge in [0.1, 0.15) is 12.4 Å². The highest BCUT2D eigenvalue weighted by atomic mass is 16.5. The second-order valence-corrected chi connectivity index (χ2v) is 8.76. The van der Waals surface area contributed by atoms with Gasteiger partial charge < -0.3 is 9.30 Å². The van der Waals surface area contributed by atoms with Crippen LogP contribution in [-0.4, -0.2) is 33.2 Å². The molecule has 1 aliphatic heterocycles. The average molecular weight is 428 g/mol. The summed E-state index contributed by atoms with van der Waals surface area (Å²) < 4.78 is 9.92. The van der Waals surface area contributed by atoms with E-state index in [9.17, 15) is 4.79 Å². The zero-order valence-corrected chi connectivity index (χ0v) is 18.7. The summed E-state index contributed by atoms with van der Waals surface area (Å²) >= 11 is 0. The Hall–Kier alpha value is -3.31. The maximum atomic E-state index is 12.8. The van der Waals surface area contributed by atoms with E-state index in [1.807, 2.05) is 42.5 Å². The van der Waals surface area contributed by atoms with E-state index in [-0.39, 0.29) is 5.56 Å². The minimum atomic E-state index is -0.0942. The molecular weight excluding hydrogens is 398 g/mol. The molecule has 4 aromatic rings. The van der Waals surface area contributed by atoms with Crippen LogP contribution in [0.3, 0.4) is 0 Å². The molecule has 0 aliphatic carbocycles. The Morgan fingerprint density at radius 3 is 2.56 bits per heavy atom. The number of hydrogen-bond acceptors (Lipinski definition) is 3. The van der Waals surface area contributed by atoms with E-state index in [1.54, 1.807) is 16.8 Å². The summed E-state index contributed by atoms with van der Waals surface area (Å²) in [6.45, 7) is 8.14. The van der Waals surface area contributed by atoms with Crippen molar-refractivity contribution in [1.29, 1.82) is 0 Å². The van der Waals surface area contributed by atoms with Gasteiger partial charge in [-0.2, -0.15) is 0 Å². The number of benzene rings is 2. The van der Waals surface area contributed by atoms with E-state index >= 15 is 0 Å². The summed E-state index contributed by atoms with van der Waals surface area (Å²) in [5.74, 6) is 0.585. The molecule has 0 radical (unpaired) electrons. The van der Waals surface area contributed by atoms with Crippen molar-refractivity contribution in [3.8, 4) is 11.4 Å². The highest BCUT2D eigenvalue weighted by Crippen LogP contribution is 2.25. The molecule has 0 spiro atoms. The minimum Gasteiger partial charge on any atom is -0.489 e. The van der Waals surface area contributed by atoms with Crippen molar-refractivity contribution in [3.05, 3.63) is 94.5 Å². The van der Waals surface area contributed by atoms with Gasteiger partial charge in [0.05, 0.1) is 0 Å². The minimum absolute atomic E-state index is 0.0942. The first-order valence-corrected chi connectivity index (χ1v) is 11.3. The predicted octanol–water partition coefficient (Wildman–Crippen LogP) is 4.64. The lowest BCUT2D eigenvalue weighted by Gasteiger charge is -2.23. The molecule has 5 rings (SSSR count). The van der Waals surface area contributed by atoms with Crippen molar-refractivity contribution < 1.29 is 4.74 Å². The number of fused-ring (bicyclic) bond motifs is 3. The van der Waals surface area contributed by atoms with Crippen LogP contribution in [0.25, 0.3) is 16.6 Å². The van der Waals surface area contributed by atoms with Gasteiger partial charge in [-0.1, -0.05) is 30.3 Å². The molecule has 5 heteroatoms. The highest BCUT2D eigenvalue weighted by Gasteiger charge is 2.18. The molecule has 2 aromatic heterocycles. The van der Waals surface area contributed by atoms with Crippen LogP contribution in [0.2, 0.25) is 0 Å². The Bertz CT molecular complexity index is 1290. The first-order chi connectivity index (χ1) is 15.6. The fraction of sp³-hybridized carbons (Fsp3) is 0.296. The molecule has 164 valence electrons. The molecule has 0 saturated carbocycles. The number of hydrogen-bond donors (Lipinski definition) is 0. The first kappa shape index (κ1) is 20.6. The van der Waals surface area contributed by atoms with E-state index in [2.05, 4.69) is 41.5 Å². The third-order valence-corrected chi connectivity index (χ3v) is 6.38. The van der Waals surface area contributed by atoms with Crippen LogP contribution in [0, 0.1) is 0 Å². The standard InChI is InChI=1S/C27H29N3O2/c1-20(2)28-12-10-24-17-22-16-23(8-9-26(22)29(24)15-14-28)30-13-11-25(18-27(30)31)32-19-21-6-4-3-5-7-21/h3-9,11,13,16-18,20H,10,12,14-15,19H2,1-2H3. The van der Waals surface area contributed by atoms with Crippen molar-refractivity contribution in [2.75, 3.05) is 13.1 Å². The van der Waals surface area contributed by atoms with Gasteiger partial charge in [-0.15, -0.1) is 0 Å². The number of pyridine rings is 1. The largest absolute Gasteiger partial charge is 0.489 e. The van der Waals surface area contributed by atoms with Gasteiger partial charge in [-0.05, 0) is 49.7 Å². The lowest BCUT2D eigenvalue weighted by molar-refractivity contribution is 0.227. The van der Waals surface area contributed by atoms with Crippen molar-refractivity contribution in [3.63, 3.8) is 0 Å². The van der Waals surface area contributed by atoms with Crippen LogP contribution in [0.1, 0.15) is 25.1 Å². The van der Waals surface area contributed by atoms with Crippen molar-refractivity contribution in [1.82, 2.24) is 14.0 Å². The summed E-state index contributed by atoms with van der Waals surface area (Å²) in [6.07, 6.45) is 2.85. The SMILES string of the molecule is CC(C)N1CCc2cc3cc(-n4ccc(OCc5ccccc5)cc4=O)ccc3n2CC1. The molecule has 1 aliphatic rings. The van der Waals surface area contributed by atoms with Crippen LogP contribution in [0.15, 0.2) is 77.7 Å². The Morgan fingerprint density at radius 2 is 1.78 bits per heavy atom. The Balaban J connectivity index is 1.38. The van der Waals surface area contributed by atoms with Gasteiger partial charge in [-0.3, -0.25) is 14.3 Å². The van der Waals surface area contributed by atoms with Crippen LogP contribution in [-0.2, 0) is 19.6 Å². The Labute approximate surface area is 188 Å². The van der Waals surface area contributed by atoms with Crippen LogP contribution in [0.4, 0.5) is 0 Å². The average Bonchev–Trinajstić information content (AvgIpc) is 3.00. The Morgan fingerprint density at radius 1 is 0.938 bits per heavy atom. The fourth-order valence-corrected chi connectivity index (χ4v) is 4.56. The van der Waals surface area contributed by atoms with Gasteiger partial charge in [0.25, 0.3) is 5.56 Å². The first-order valence-electron chi connectivity index (χ1n) is 11.3. The molecule has 0 N–H and O–H groups in total. The predicted molar refractivity (Wildman–Crippen MR) is 129 cm³/mol. The van der Waals surface area contributed by atoms with Crippen LogP contribution >= 0.6 is 0 Å². The van der Waals surface area contributed by atoms with E-state index in [4.69, 9.17) is 4.74 Å². The third-order valence-electron chi connectivity index (χ3n) is 6.38. The quantitative estimate of drug-likeness (QED) is 0.466. The van der Waals surface area contributed by atoms with E-state index in [0.29, 0.717) is 18.4 Å². The van der Waals surface area contributed by atoms with Crippen molar-refractivity contribution in [2.24, 2.45) is 0 Å². The lowest BCUT2D eigenvalue weighted by atomic mass is 10.2. The number of ether oxygens (including phenoxy) is 1. The summed E-state index contributed by atoms with van der Waals surface area (Å²) in [5, 5.41) is 1.19. The molecule has 2 aromatic carbocycles. The molecule has 0 bridgehead atoms. The van der Waals surface area contributed by atoms with E-state index in [1.165, 1.54) is 16.6 Å². The number of aromatic nitrogens is 2. The van der Waals surface area contributed by atoms with Gasteiger partial charge in [0, 0.05) is 66.6 Å². The Kier molecular flexibility index (Phi) is 5.58. The van der Waals surface area contributed by atoms with Gasteiger partial charge >= 0.3 is 0 Å². The third kappa shape index (κ3) is 4.08. The molecule has 0 atom stereocenters. The van der Waals surface area contributed by atoms with Crippen molar-refractivity contribution >= 4 is 10.9 Å². The molecule has 0 amide bonds. The summed E-state index contributed by atoms with van der Waals surface area (Å²) in [7, 11) is 0. The van der Waals surface area contributed by atoms with Crippen molar-refractivity contribution in [2.45, 2.75) is 39.5 Å². The van der Waals surface area contributed by atoms with E-state index in [0.717, 1.165) is 37.3 Å². The summed E-state index contributed by atoms with van der Waals surface area (Å²) in [4.78, 5) is 15.3. The van der Waals surface area contributed by atoms with Gasteiger partial charge in [0.15, 0.2) is 0 Å².